The van der Waals surface area contributed by atoms with E-state index in [9.17, 15) is 31.5 Å². The number of para-hydroxylation sites is 1. The molecule has 0 radical (unpaired) electrons. The van der Waals surface area contributed by atoms with Crippen molar-refractivity contribution in [3.05, 3.63) is 143 Å². The highest BCUT2D eigenvalue weighted by Crippen LogP contribution is 2.34. The summed E-state index contributed by atoms with van der Waals surface area (Å²) < 4.78 is 62.1. The number of fused-ring (bicyclic) bond motifs is 9. The van der Waals surface area contributed by atoms with Crippen LogP contribution in [0.2, 0.25) is 0 Å². The van der Waals surface area contributed by atoms with Crippen LogP contribution >= 0.6 is 0 Å². The van der Waals surface area contributed by atoms with E-state index in [0.29, 0.717) is 29.9 Å². The van der Waals surface area contributed by atoms with Gasteiger partial charge in [-0.3, -0.25) is 4.79 Å². The number of primary sulfonamides is 1. The Hall–Kier alpha value is -6.55. The molecule has 1 amide bonds. The predicted molar refractivity (Wildman–Crippen MR) is 229 cm³/mol. The Labute approximate surface area is 343 Å². The van der Waals surface area contributed by atoms with Gasteiger partial charge in [-0.25, -0.2) is 27.9 Å². The molecule has 306 valence electrons. The van der Waals surface area contributed by atoms with E-state index in [2.05, 4.69) is 49.1 Å². The quantitative estimate of drug-likeness (QED) is 0.130. The molecule has 5 aromatic rings. The number of sulfonamides is 1. The number of aromatic amines is 2. The van der Waals surface area contributed by atoms with Crippen LogP contribution in [0.15, 0.2) is 114 Å². The number of nitrogens with one attached hydrogen (secondary N) is 2. The van der Waals surface area contributed by atoms with Gasteiger partial charge in [-0.15, -0.1) is 0 Å². The van der Waals surface area contributed by atoms with E-state index in [0.717, 1.165) is 51.4 Å². The second kappa shape index (κ2) is 16.6. The number of carbonyl (C=O) groups is 1. The van der Waals surface area contributed by atoms with Gasteiger partial charge in [0, 0.05) is 59.5 Å². The minimum atomic E-state index is -4.00. The van der Waals surface area contributed by atoms with E-state index in [1.165, 1.54) is 0 Å². The van der Waals surface area contributed by atoms with Crippen LogP contribution < -0.4 is 10.0 Å². The number of aliphatic hydroxyl groups is 1. The summed E-state index contributed by atoms with van der Waals surface area (Å²) in [6, 6.07) is 28.6. The van der Waals surface area contributed by atoms with Crippen molar-refractivity contribution in [1.29, 1.82) is 0 Å². The van der Waals surface area contributed by atoms with Crippen LogP contribution in [0.1, 0.15) is 64.4 Å². The lowest BCUT2D eigenvalue weighted by Crippen LogP contribution is -2.46. The molecule has 60 heavy (non-hydrogen) atoms. The molecule has 0 aliphatic carbocycles. The zero-order valence-corrected chi connectivity index (χ0v) is 33.0. The molecule has 4 aliphatic heterocycles. The van der Waals surface area contributed by atoms with E-state index in [4.69, 9.17) is 5.14 Å². The van der Waals surface area contributed by atoms with Crippen LogP contribution in [0.4, 0.5) is 24.5 Å². The van der Waals surface area contributed by atoms with Crippen molar-refractivity contribution in [1.82, 2.24) is 24.8 Å². The average Bonchev–Trinajstić information content (AvgIpc) is 4.07. The first-order chi connectivity index (χ1) is 28.8. The van der Waals surface area contributed by atoms with E-state index >= 15 is 0 Å². The minimum Gasteiger partial charge on any atom is -0.390 e. The van der Waals surface area contributed by atoms with Gasteiger partial charge in [0.05, 0.1) is 33.9 Å². The molecule has 8 bridgehead atoms. The minimum absolute atomic E-state index is 0.0458. The van der Waals surface area contributed by atoms with Gasteiger partial charge in [0.2, 0.25) is 10.0 Å². The largest absolute Gasteiger partial charge is 0.390 e. The predicted octanol–water partition coefficient (Wildman–Crippen LogP) is 8.98. The lowest BCUT2D eigenvalue weighted by Gasteiger charge is -2.38. The molecular formula is C45H40F3N7O4S. The SMILES string of the molecule is NS(=O)(=O)c1c2nc(cc3nc(cc4ccc(cc5ccc1[nH]5)[nH]4)C=C3)C=C2.O=C(c1ccc(N2CC=Cc3ccccc32)cc1)N1CCC(O)(CCC(F)=C(F)F)CC1. The maximum atomic E-state index is 13.1. The van der Waals surface area contributed by atoms with Crippen molar-refractivity contribution in [3.8, 4) is 0 Å². The Kier molecular flexibility index (Phi) is 11.1. The van der Waals surface area contributed by atoms with E-state index < -0.39 is 34.0 Å². The molecule has 1 saturated heterocycles. The summed E-state index contributed by atoms with van der Waals surface area (Å²) in [5.74, 6) is -1.62. The normalized spacial score (nSPS) is 15.3. The Morgan fingerprint density at radius 1 is 0.783 bits per heavy atom. The number of benzene rings is 2. The Balaban J connectivity index is 0.000000167. The third kappa shape index (κ3) is 9.03. The highest BCUT2D eigenvalue weighted by Gasteiger charge is 2.34. The molecule has 0 spiro atoms. The van der Waals surface area contributed by atoms with Crippen molar-refractivity contribution in [2.75, 3.05) is 24.5 Å². The van der Waals surface area contributed by atoms with Crippen molar-refractivity contribution in [2.45, 2.75) is 36.2 Å². The van der Waals surface area contributed by atoms with Crippen LogP contribution in [0, 0.1) is 0 Å². The third-order valence-electron chi connectivity index (χ3n) is 10.7. The number of anilines is 2. The highest BCUT2D eigenvalue weighted by molar-refractivity contribution is 7.89. The molecule has 0 unspecified atom stereocenters. The maximum absolute atomic E-state index is 13.1. The number of hydrogen-bond acceptors (Lipinski definition) is 7. The summed E-state index contributed by atoms with van der Waals surface area (Å²) in [5, 5.41) is 16.0. The summed E-state index contributed by atoms with van der Waals surface area (Å²) in [6.07, 6.45) is 8.91. The van der Waals surface area contributed by atoms with Gasteiger partial charge >= 0.3 is 6.08 Å². The fourth-order valence-electron chi connectivity index (χ4n) is 7.56. The monoisotopic (exact) mass is 831 g/mol. The van der Waals surface area contributed by atoms with Gasteiger partial charge in [-0.1, -0.05) is 30.4 Å². The van der Waals surface area contributed by atoms with Gasteiger partial charge in [0.25, 0.3) is 5.91 Å². The topological polar surface area (TPSA) is 161 Å². The number of halogens is 3. The molecule has 0 atom stereocenters. The number of hydrogen-bond donors (Lipinski definition) is 4. The molecule has 5 N–H and O–H groups in total. The molecule has 1 fully saturated rings. The highest BCUT2D eigenvalue weighted by atomic mass is 32.2. The molecular weight excluding hydrogens is 792 g/mol. The average molecular weight is 832 g/mol. The molecule has 15 heteroatoms. The molecule has 7 heterocycles. The first kappa shape index (κ1) is 40.2. The van der Waals surface area contributed by atoms with Crippen molar-refractivity contribution in [3.63, 3.8) is 0 Å². The van der Waals surface area contributed by atoms with Crippen LogP contribution in [-0.4, -0.2) is 69.5 Å². The summed E-state index contributed by atoms with van der Waals surface area (Å²) in [5.41, 5.74) is 7.92. The van der Waals surface area contributed by atoms with Crippen molar-refractivity contribution in [2.24, 2.45) is 5.14 Å². The summed E-state index contributed by atoms with van der Waals surface area (Å²) in [6.45, 7) is 1.34. The Morgan fingerprint density at radius 3 is 2.17 bits per heavy atom. The van der Waals surface area contributed by atoms with E-state index in [1.807, 2.05) is 60.7 Å². The zero-order valence-electron chi connectivity index (χ0n) is 32.2. The number of nitrogens with two attached hydrogens (primary N) is 1. The third-order valence-corrected chi connectivity index (χ3v) is 11.7. The van der Waals surface area contributed by atoms with Crippen LogP contribution in [0.3, 0.4) is 0 Å². The second-order valence-corrected chi connectivity index (χ2v) is 16.4. The number of aromatic nitrogens is 4. The molecule has 2 aromatic carbocycles. The lowest BCUT2D eigenvalue weighted by molar-refractivity contribution is -0.0236. The smallest absolute Gasteiger partial charge is 0.301 e. The van der Waals surface area contributed by atoms with E-state index in [-0.39, 0.29) is 35.8 Å². The van der Waals surface area contributed by atoms with E-state index in [1.54, 1.807) is 47.4 Å². The maximum Gasteiger partial charge on any atom is 0.301 e. The zero-order chi connectivity index (χ0) is 42.0. The van der Waals surface area contributed by atoms with Crippen molar-refractivity contribution < 1.29 is 31.5 Å². The lowest BCUT2D eigenvalue weighted by atomic mass is 9.86. The number of piperidine rings is 1. The van der Waals surface area contributed by atoms with Crippen LogP contribution in [0.25, 0.3) is 52.4 Å². The molecule has 9 rings (SSSR count). The molecule has 11 nitrogen and oxygen atoms in total. The van der Waals surface area contributed by atoms with Crippen LogP contribution in [0.5, 0.6) is 0 Å². The molecule has 3 aromatic heterocycles. The summed E-state index contributed by atoms with van der Waals surface area (Å²) in [7, 11) is -4.00. The number of carbonyl (C=O) groups excluding carboxylic acids is 1. The first-order valence-electron chi connectivity index (χ1n) is 19.2. The Morgan fingerprint density at radius 2 is 1.43 bits per heavy atom. The van der Waals surface area contributed by atoms with Gasteiger partial charge in [0.1, 0.15) is 4.90 Å². The van der Waals surface area contributed by atoms with Crippen molar-refractivity contribution >= 4 is 79.8 Å². The summed E-state index contributed by atoms with van der Waals surface area (Å²) in [4.78, 5) is 32.1. The fourth-order valence-corrected chi connectivity index (χ4v) is 8.39. The number of allylic oxidation sites excluding steroid dienone is 1. The number of H-pyrrole nitrogens is 2. The van der Waals surface area contributed by atoms with Gasteiger partial charge < -0.3 is 24.9 Å². The van der Waals surface area contributed by atoms with Gasteiger partial charge in [-0.2, -0.15) is 8.78 Å². The van der Waals surface area contributed by atoms with Crippen LogP contribution in [-0.2, 0) is 10.0 Å². The fraction of sp³-hybridized carbons (Fsp3) is 0.178. The summed E-state index contributed by atoms with van der Waals surface area (Å²) >= 11 is 0. The van der Waals surface area contributed by atoms with Gasteiger partial charge in [-0.05, 0) is 122 Å². The number of amides is 1. The molecule has 4 aliphatic rings. The van der Waals surface area contributed by atoms with Gasteiger partial charge in [0.15, 0.2) is 5.83 Å². The molecule has 0 saturated carbocycles. The number of rotatable bonds is 6. The number of likely N-dealkylation sites (tertiary alicyclic amines) is 1. The Bertz CT molecular complexity index is 2870. The second-order valence-electron chi connectivity index (χ2n) is 14.9. The number of nitrogens with zero attached hydrogens (tertiary/aromatic N) is 4. The standard InChI is InChI=1S/C25H25F3N2O2.C20H15N5O2S/c26-21(23(27)28)11-12-25(32)13-16-29(17-14-25)24(31)19-7-9-20(10-8-19)30-15-3-5-18-4-1-2-6-22(18)30;21-28(26,27)20-18-7-5-16(24-18)10-14-3-1-12(22-14)9-13-2-4-15(23-13)11-17-6-8-19(20)25-17/h1-10,32H,11-17H2;1-11,22,24H,(H2,21,26,27). The first-order valence-corrected chi connectivity index (χ1v) is 20.8.